The fourth-order valence-electron chi connectivity index (χ4n) is 3.38. The number of primary sulfonamides is 2. The van der Waals surface area contributed by atoms with Crippen LogP contribution in [0.5, 0.6) is 0 Å². The Morgan fingerprint density at radius 1 is 0.969 bits per heavy atom. The van der Waals surface area contributed by atoms with Gasteiger partial charge < -0.3 is 10.1 Å². The maximum atomic E-state index is 12.5. The van der Waals surface area contributed by atoms with Gasteiger partial charge in [0.05, 0.1) is 23.8 Å². The van der Waals surface area contributed by atoms with Crippen molar-refractivity contribution < 1.29 is 26.4 Å². The molecule has 0 aromatic heterocycles. The van der Waals surface area contributed by atoms with E-state index in [0.717, 1.165) is 31.6 Å². The fraction of sp³-hybridized carbons (Fsp3) is 0.350. The van der Waals surface area contributed by atoms with Crippen LogP contribution < -0.4 is 15.6 Å². The van der Waals surface area contributed by atoms with Crippen LogP contribution in [0, 0.1) is 0 Å². The molecule has 1 heterocycles. The van der Waals surface area contributed by atoms with Crippen molar-refractivity contribution in [2.75, 3.05) is 38.2 Å². The van der Waals surface area contributed by atoms with Crippen molar-refractivity contribution in [3.8, 4) is 0 Å². The molecule has 0 atom stereocenters. The molecule has 0 unspecified atom stereocenters. The van der Waals surface area contributed by atoms with Gasteiger partial charge in [0.25, 0.3) is 5.91 Å². The Morgan fingerprint density at radius 3 is 2.22 bits per heavy atom. The van der Waals surface area contributed by atoms with Crippen LogP contribution in [0.3, 0.4) is 0 Å². The maximum absolute atomic E-state index is 12.5. The number of nitrogens with zero attached hydrogens (tertiary/aromatic N) is 1. The number of ether oxygens (including phenoxy) is 1. The average molecular weight is 483 g/mol. The van der Waals surface area contributed by atoms with E-state index in [1.165, 1.54) is 36.4 Å². The SMILES string of the molecule is NS(=O)(=O)c1ccc(C(=O)Nc2ccc(CCCN3CCOCC3)cc2S(N)(=O)=O)cc1. The number of hydrogen-bond donors (Lipinski definition) is 3. The van der Waals surface area contributed by atoms with Crippen molar-refractivity contribution >= 4 is 31.6 Å². The Hall–Kier alpha value is -2.35. The lowest BCUT2D eigenvalue weighted by atomic mass is 10.1. The van der Waals surface area contributed by atoms with Crippen molar-refractivity contribution in [2.45, 2.75) is 22.6 Å². The molecule has 5 N–H and O–H groups in total. The average Bonchev–Trinajstić information content (AvgIpc) is 2.74. The Labute approximate surface area is 187 Å². The number of morpholine rings is 1. The van der Waals surface area contributed by atoms with Gasteiger partial charge in [0, 0.05) is 18.7 Å². The van der Waals surface area contributed by atoms with Crippen molar-refractivity contribution in [3.05, 3.63) is 53.6 Å². The number of benzene rings is 2. The molecule has 32 heavy (non-hydrogen) atoms. The second kappa shape index (κ2) is 10.1. The molecule has 1 amide bonds. The molecule has 1 fully saturated rings. The minimum Gasteiger partial charge on any atom is -0.379 e. The highest BCUT2D eigenvalue weighted by molar-refractivity contribution is 7.89. The number of rotatable bonds is 8. The summed E-state index contributed by atoms with van der Waals surface area (Å²) in [6.07, 6.45) is 1.50. The van der Waals surface area contributed by atoms with Crippen LogP contribution in [0.1, 0.15) is 22.3 Å². The number of nitrogens with one attached hydrogen (secondary N) is 1. The van der Waals surface area contributed by atoms with Crippen LogP contribution in [0.2, 0.25) is 0 Å². The molecule has 3 rings (SSSR count). The van der Waals surface area contributed by atoms with Crippen LogP contribution in [0.4, 0.5) is 5.69 Å². The van der Waals surface area contributed by atoms with Crippen molar-refractivity contribution in [3.63, 3.8) is 0 Å². The molecule has 174 valence electrons. The van der Waals surface area contributed by atoms with E-state index in [0.29, 0.717) is 19.6 Å². The number of carbonyl (C=O) groups excluding carboxylic acids is 1. The van der Waals surface area contributed by atoms with Gasteiger partial charge in [-0.3, -0.25) is 9.69 Å². The van der Waals surface area contributed by atoms with E-state index >= 15 is 0 Å². The number of nitrogens with two attached hydrogens (primary N) is 2. The van der Waals surface area contributed by atoms with Gasteiger partial charge in [-0.1, -0.05) is 6.07 Å². The van der Waals surface area contributed by atoms with Gasteiger partial charge in [0.2, 0.25) is 20.0 Å². The predicted octanol–water partition coefficient (Wildman–Crippen LogP) is 0.499. The van der Waals surface area contributed by atoms with E-state index in [-0.39, 0.29) is 21.0 Å². The molecule has 10 nitrogen and oxygen atoms in total. The highest BCUT2D eigenvalue weighted by Crippen LogP contribution is 2.23. The Morgan fingerprint density at radius 2 is 1.62 bits per heavy atom. The standard InChI is InChI=1S/C20H26N4O6S2/c21-31(26,27)17-6-4-16(5-7-17)20(25)23-18-8-3-15(14-19(18)32(22,28)29)2-1-9-24-10-12-30-13-11-24/h3-8,14H,1-2,9-13H2,(H,23,25)(H2,21,26,27)(H2,22,28,29). The highest BCUT2D eigenvalue weighted by atomic mass is 32.2. The van der Waals surface area contributed by atoms with Gasteiger partial charge in [-0.15, -0.1) is 0 Å². The van der Waals surface area contributed by atoms with E-state index in [1.807, 2.05) is 0 Å². The molecule has 1 aliphatic rings. The van der Waals surface area contributed by atoms with Crippen LogP contribution in [0.25, 0.3) is 0 Å². The first-order chi connectivity index (χ1) is 15.0. The molecule has 0 spiro atoms. The van der Waals surface area contributed by atoms with E-state index in [2.05, 4.69) is 10.2 Å². The second-order valence-electron chi connectivity index (χ2n) is 7.46. The third kappa shape index (κ3) is 6.58. The molecule has 0 saturated carbocycles. The fourth-order valence-corrected chi connectivity index (χ4v) is 4.64. The lowest BCUT2D eigenvalue weighted by Gasteiger charge is -2.26. The summed E-state index contributed by atoms with van der Waals surface area (Å²) in [4.78, 5) is 14.5. The number of hydrogen-bond acceptors (Lipinski definition) is 7. The van der Waals surface area contributed by atoms with Crippen LogP contribution in [0.15, 0.2) is 52.3 Å². The summed E-state index contributed by atoms with van der Waals surface area (Å²) in [6.45, 7) is 4.07. The number of aryl methyl sites for hydroxylation is 1. The van der Waals surface area contributed by atoms with Gasteiger partial charge in [0.15, 0.2) is 0 Å². The molecule has 1 aliphatic heterocycles. The zero-order valence-corrected chi connectivity index (χ0v) is 19.0. The Bertz CT molecular complexity index is 1180. The van der Waals surface area contributed by atoms with Crippen LogP contribution in [-0.4, -0.2) is 60.5 Å². The van der Waals surface area contributed by atoms with Crippen LogP contribution >= 0.6 is 0 Å². The zero-order valence-electron chi connectivity index (χ0n) is 17.4. The number of amides is 1. The summed E-state index contributed by atoms with van der Waals surface area (Å²) in [5.74, 6) is -0.615. The van der Waals surface area contributed by atoms with Crippen molar-refractivity contribution in [1.29, 1.82) is 0 Å². The molecule has 2 aromatic carbocycles. The first kappa shape index (κ1) is 24.3. The van der Waals surface area contributed by atoms with E-state index in [4.69, 9.17) is 15.0 Å². The molecular formula is C20H26N4O6S2. The maximum Gasteiger partial charge on any atom is 0.255 e. The van der Waals surface area contributed by atoms with E-state index < -0.39 is 26.0 Å². The highest BCUT2D eigenvalue weighted by Gasteiger charge is 2.18. The van der Waals surface area contributed by atoms with E-state index in [1.54, 1.807) is 6.07 Å². The molecule has 0 aliphatic carbocycles. The van der Waals surface area contributed by atoms with E-state index in [9.17, 15) is 21.6 Å². The third-order valence-corrected chi connectivity index (χ3v) is 6.97. The quantitative estimate of drug-likeness (QED) is 0.493. The van der Waals surface area contributed by atoms with Crippen molar-refractivity contribution in [1.82, 2.24) is 4.90 Å². The Balaban J connectivity index is 1.72. The topological polar surface area (TPSA) is 162 Å². The van der Waals surface area contributed by atoms with Crippen molar-refractivity contribution in [2.24, 2.45) is 10.3 Å². The lowest BCUT2D eigenvalue weighted by molar-refractivity contribution is 0.0374. The summed E-state index contributed by atoms with van der Waals surface area (Å²) in [5, 5.41) is 12.9. The molecule has 0 radical (unpaired) electrons. The summed E-state index contributed by atoms with van der Waals surface area (Å²) >= 11 is 0. The van der Waals surface area contributed by atoms with Gasteiger partial charge in [-0.2, -0.15) is 0 Å². The molecule has 1 saturated heterocycles. The van der Waals surface area contributed by atoms with Gasteiger partial charge in [-0.25, -0.2) is 27.1 Å². The normalized spacial score (nSPS) is 15.4. The molecule has 0 bridgehead atoms. The summed E-state index contributed by atoms with van der Waals surface area (Å²) in [6, 6.07) is 9.67. The van der Waals surface area contributed by atoms with Crippen LogP contribution in [-0.2, 0) is 31.2 Å². The summed E-state index contributed by atoms with van der Waals surface area (Å²) in [5.41, 5.74) is 0.968. The largest absolute Gasteiger partial charge is 0.379 e. The zero-order chi connectivity index (χ0) is 23.4. The monoisotopic (exact) mass is 482 g/mol. The first-order valence-corrected chi connectivity index (χ1v) is 13.0. The number of sulfonamides is 2. The third-order valence-electron chi connectivity index (χ3n) is 5.09. The summed E-state index contributed by atoms with van der Waals surface area (Å²) in [7, 11) is -7.98. The number of anilines is 1. The van der Waals surface area contributed by atoms with Gasteiger partial charge >= 0.3 is 0 Å². The predicted molar refractivity (Wildman–Crippen MR) is 119 cm³/mol. The summed E-state index contributed by atoms with van der Waals surface area (Å²) < 4.78 is 52.3. The molecule has 2 aromatic rings. The molecule has 12 heteroatoms. The lowest BCUT2D eigenvalue weighted by Crippen LogP contribution is -2.36. The smallest absolute Gasteiger partial charge is 0.255 e. The minimum atomic E-state index is -4.09. The van der Waals surface area contributed by atoms with Gasteiger partial charge in [-0.05, 0) is 61.3 Å². The Kier molecular flexibility index (Phi) is 7.64. The first-order valence-electron chi connectivity index (χ1n) is 9.94. The second-order valence-corrected chi connectivity index (χ2v) is 10.5. The number of carbonyl (C=O) groups is 1. The minimum absolute atomic E-state index is 0.0463. The van der Waals surface area contributed by atoms with Gasteiger partial charge in [0.1, 0.15) is 4.90 Å². The molecular weight excluding hydrogens is 456 g/mol.